The van der Waals surface area contributed by atoms with Gasteiger partial charge in [-0.1, -0.05) is 24.3 Å². The number of amidine groups is 1. The molecule has 0 saturated carbocycles. The molecular weight excluding hydrogens is 374 g/mol. The number of likely N-dealkylation sites (N-methyl/N-ethyl adjacent to an activating group) is 3. The van der Waals surface area contributed by atoms with Crippen molar-refractivity contribution in [2.45, 2.75) is 25.2 Å². The number of hydrogen-bond donors (Lipinski definition) is 0. The molecule has 3 heterocycles. The quantitative estimate of drug-likeness (QED) is 0.665. The fourth-order valence-electron chi connectivity index (χ4n) is 3.88. The summed E-state index contributed by atoms with van der Waals surface area (Å²) < 4.78 is 7.47. The number of fused-ring (bicyclic) bond motifs is 2. The minimum atomic E-state index is -0.752. The summed E-state index contributed by atoms with van der Waals surface area (Å²) in [4.78, 5) is 45.6. The average Bonchev–Trinajstić information content (AvgIpc) is 3.14. The third kappa shape index (κ3) is 3.42. The number of aliphatic imine (C=N–C) groups is 1. The number of rotatable bonds is 4. The molecule has 4 amide bonds. The van der Waals surface area contributed by atoms with Crippen LogP contribution in [0.4, 0.5) is 4.79 Å². The zero-order valence-corrected chi connectivity index (χ0v) is 16.7. The van der Waals surface area contributed by atoms with Crippen LogP contribution in [0.3, 0.4) is 0 Å². The van der Waals surface area contributed by atoms with E-state index in [-0.39, 0.29) is 24.5 Å². The second-order valence-electron chi connectivity index (χ2n) is 7.60. The number of imide groups is 1. The predicted molar refractivity (Wildman–Crippen MR) is 105 cm³/mol. The van der Waals surface area contributed by atoms with Gasteiger partial charge in [-0.3, -0.25) is 19.4 Å². The van der Waals surface area contributed by atoms with Gasteiger partial charge in [-0.15, -0.1) is 0 Å². The predicted octanol–water partition coefficient (Wildman–Crippen LogP) is -0.0684. The molecule has 29 heavy (non-hydrogen) atoms. The van der Waals surface area contributed by atoms with Crippen molar-refractivity contribution in [3.05, 3.63) is 35.4 Å². The van der Waals surface area contributed by atoms with Gasteiger partial charge >= 0.3 is 6.03 Å². The van der Waals surface area contributed by atoms with Crippen LogP contribution in [0.25, 0.3) is 0 Å². The first-order valence-electron chi connectivity index (χ1n) is 9.51. The number of urea groups is 1. The molecule has 0 radical (unpaired) electrons. The Morgan fingerprint density at radius 1 is 1.24 bits per heavy atom. The molecular formula is C20H24N5O4+. The van der Waals surface area contributed by atoms with Crippen LogP contribution < -0.4 is 0 Å². The first kappa shape index (κ1) is 19.3. The summed E-state index contributed by atoms with van der Waals surface area (Å²) in [6.45, 7) is 1.01. The van der Waals surface area contributed by atoms with Gasteiger partial charge < -0.3 is 9.64 Å². The van der Waals surface area contributed by atoms with Crippen LogP contribution in [-0.2, 0) is 27.4 Å². The molecule has 2 atom stereocenters. The molecule has 0 aliphatic carbocycles. The topological polar surface area (TPSA) is 85.5 Å². The molecule has 0 N–H and O–H groups in total. The summed E-state index contributed by atoms with van der Waals surface area (Å²) in [7, 11) is 4.73. The Kier molecular flexibility index (Phi) is 4.91. The van der Waals surface area contributed by atoms with Crippen LogP contribution in [0.5, 0.6) is 0 Å². The zero-order chi connectivity index (χ0) is 20.7. The number of amides is 4. The second-order valence-corrected chi connectivity index (χ2v) is 7.60. The van der Waals surface area contributed by atoms with Gasteiger partial charge in [0.2, 0.25) is 0 Å². The highest BCUT2D eigenvalue weighted by Crippen LogP contribution is 2.21. The van der Waals surface area contributed by atoms with Gasteiger partial charge in [-0.2, -0.15) is 0 Å². The minimum Gasteiger partial charge on any atom is -0.371 e. The highest BCUT2D eigenvalue weighted by Gasteiger charge is 2.50. The van der Waals surface area contributed by atoms with Crippen molar-refractivity contribution in [3.63, 3.8) is 0 Å². The number of nitrogens with zero attached hydrogens (tertiary/aromatic N) is 5. The summed E-state index contributed by atoms with van der Waals surface area (Å²) in [6, 6.07) is 6.97. The Morgan fingerprint density at radius 3 is 2.72 bits per heavy atom. The van der Waals surface area contributed by atoms with Crippen molar-refractivity contribution in [2.24, 2.45) is 4.99 Å². The maximum absolute atomic E-state index is 12.8. The number of carbonyl (C=O) groups excluding carboxylic acids is 3. The Balaban J connectivity index is 1.38. The molecule has 1 aromatic rings. The third-order valence-electron chi connectivity index (χ3n) is 5.66. The zero-order valence-electron chi connectivity index (χ0n) is 16.7. The molecule has 1 aromatic carbocycles. The van der Waals surface area contributed by atoms with Gasteiger partial charge in [0, 0.05) is 34.1 Å². The van der Waals surface area contributed by atoms with E-state index in [0.717, 1.165) is 11.3 Å². The van der Waals surface area contributed by atoms with Crippen molar-refractivity contribution in [2.75, 3.05) is 34.2 Å². The van der Waals surface area contributed by atoms with Crippen molar-refractivity contribution in [3.8, 4) is 0 Å². The molecule has 3 aliphatic heterocycles. The van der Waals surface area contributed by atoms with E-state index < -0.39 is 12.1 Å². The second kappa shape index (κ2) is 7.40. The number of ether oxygens (including phenoxy) is 1. The van der Waals surface area contributed by atoms with Crippen LogP contribution in [0.2, 0.25) is 0 Å². The molecule has 152 valence electrons. The van der Waals surface area contributed by atoms with E-state index in [1.54, 1.807) is 23.6 Å². The molecule has 0 spiro atoms. The van der Waals surface area contributed by atoms with Crippen LogP contribution in [-0.4, -0.2) is 95.7 Å². The SMILES string of the molecule is CN(CC1Cc2ccccc2CO1)C(=O)C[N+]1=CN=C2C1C(=O)N(C)C(=O)N2C. The number of hydrogen-bond acceptors (Lipinski definition) is 5. The lowest BCUT2D eigenvalue weighted by Gasteiger charge is -2.31. The standard InChI is InChI=1S/C20H24N5O4/c1-22(9-15-8-13-6-4-5-7-14(13)11-29-15)16(26)10-25-12-21-18-17(25)19(27)24(3)20(28)23(18)2/h4-7,12,15,17H,8-11H2,1-3H3/q+1. The van der Waals surface area contributed by atoms with E-state index >= 15 is 0 Å². The smallest absolute Gasteiger partial charge is 0.333 e. The van der Waals surface area contributed by atoms with Gasteiger partial charge in [-0.05, 0) is 16.1 Å². The summed E-state index contributed by atoms with van der Waals surface area (Å²) >= 11 is 0. The Bertz CT molecular complexity index is 941. The lowest BCUT2D eigenvalue weighted by atomic mass is 9.99. The molecule has 2 unspecified atom stereocenters. The maximum atomic E-state index is 12.8. The van der Waals surface area contributed by atoms with Crippen LogP contribution >= 0.6 is 0 Å². The van der Waals surface area contributed by atoms with Gasteiger partial charge in [0.1, 0.15) is 0 Å². The summed E-state index contributed by atoms with van der Waals surface area (Å²) in [5, 5.41) is 0. The van der Waals surface area contributed by atoms with Crippen molar-refractivity contribution < 1.29 is 23.7 Å². The Labute approximate surface area is 168 Å². The van der Waals surface area contributed by atoms with Crippen LogP contribution in [0.1, 0.15) is 11.1 Å². The normalized spacial score (nSPS) is 23.4. The fourth-order valence-corrected chi connectivity index (χ4v) is 3.88. The first-order valence-corrected chi connectivity index (χ1v) is 9.51. The van der Waals surface area contributed by atoms with Crippen molar-refractivity contribution in [1.82, 2.24) is 14.7 Å². The monoisotopic (exact) mass is 398 g/mol. The van der Waals surface area contributed by atoms with Crippen LogP contribution in [0.15, 0.2) is 29.3 Å². The molecule has 9 heteroatoms. The lowest BCUT2D eigenvalue weighted by Crippen LogP contribution is -2.62. The van der Waals surface area contributed by atoms with E-state index in [1.807, 2.05) is 12.1 Å². The summed E-state index contributed by atoms with van der Waals surface area (Å²) in [6.07, 6.45) is 2.15. The molecule has 3 aliphatic rings. The van der Waals surface area contributed by atoms with Gasteiger partial charge in [0.05, 0.1) is 12.7 Å². The van der Waals surface area contributed by atoms with E-state index in [2.05, 4.69) is 17.1 Å². The fraction of sp³-hybridized carbons (Fsp3) is 0.450. The summed E-state index contributed by atoms with van der Waals surface area (Å²) in [5.41, 5.74) is 2.44. The highest BCUT2D eigenvalue weighted by atomic mass is 16.5. The Morgan fingerprint density at radius 2 is 1.97 bits per heavy atom. The van der Waals surface area contributed by atoms with E-state index in [9.17, 15) is 14.4 Å². The first-order chi connectivity index (χ1) is 13.9. The van der Waals surface area contributed by atoms with E-state index in [1.165, 1.54) is 29.4 Å². The maximum Gasteiger partial charge on any atom is 0.333 e. The van der Waals surface area contributed by atoms with Crippen molar-refractivity contribution >= 4 is 30.0 Å². The lowest BCUT2D eigenvalue weighted by molar-refractivity contribution is -0.520. The van der Waals surface area contributed by atoms with Gasteiger partial charge in [0.25, 0.3) is 30.0 Å². The number of carbonyl (C=O) groups is 3. The van der Waals surface area contributed by atoms with Crippen LogP contribution in [0, 0.1) is 0 Å². The van der Waals surface area contributed by atoms with Crippen molar-refractivity contribution in [1.29, 1.82) is 0 Å². The molecule has 1 saturated heterocycles. The number of benzene rings is 1. The summed E-state index contributed by atoms with van der Waals surface area (Å²) in [5.74, 6) is -0.181. The van der Waals surface area contributed by atoms with E-state index in [0.29, 0.717) is 19.0 Å². The minimum absolute atomic E-state index is 0.000909. The average molecular weight is 398 g/mol. The highest BCUT2D eigenvalue weighted by molar-refractivity contribution is 6.21. The molecule has 0 aromatic heterocycles. The van der Waals surface area contributed by atoms with Gasteiger partial charge in [0.15, 0.2) is 6.54 Å². The molecule has 4 rings (SSSR count). The Hall–Kier alpha value is -3.07. The molecule has 0 bridgehead atoms. The van der Waals surface area contributed by atoms with E-state index in [4.69, 9.17) is 4.74 Å². The largest absolute Gasteiger partial charge is 0.371 e. The third-order valence-corrected chi connectivity index (χ3v) is 5.66. The molecule has 1 fully saturated rings. The van der Waals surface area contributed by atoms with Gasteiger partial charge in [-0.25, -0.2) is 9.37 Å². The molecule has 9 nitrogen and oxygen atoms in total.